The summed E-state index contributed by atoms with van der Waals surface area (Å²) in [7, 11) is 0. The lowest BCUT2D eigenvalue weighted by molar-refractivity contribution is -0.132. The molecule has 2 heterocycles. The largest absolute Gasteiger partial charge is 0.490 e. The molecule has 0 spiro atoms. The van der Waals surface area contributed by atoms with Gasteiger partial charge in [0.05, 0.1) is 21.1 Å². The molecule has 0 radical (unpaired) electrons. The number of carbonyl (C=O) groups is 2. The van der Waals surface area contributed by atoms with E-state index in [-0.39, 0.29) is 48.2 Å². The second-order valence-corrected chi connectivity index (χ2v) is 12.8. The average Bonchev–Trinajstić information content (AvgIpc) is 3.86. The van der Waals surface area contributed by atoms with Gasteiger partial charge in [0.15, 0.2) is 0 Å². The molecule has 0 aromatic heterocycles. The molecule has 1 N–H and O–H groups in total. The summed E-state index contributed by atoms with van der Waals surface area (Å²) >= 11 is 18.9. The Bertz CT molecular complexity index is 1630. The summed E-state index contributed by atoms with van der Waals surface area (Å²) in [4.78, 5) is 30.6. The third kappa shape index (κ3) is 7.25. The smallest absolute Gasteiger partial charge is 0.252 e. The third-order valence-corrected chi connectivity index (χ3v) is 9.56. The summed E-state index contributed by atoms with van der Waals surface area (Å²) < 4.78 is 24.8. The van der Waals surface area contributed by atoms with Crippen LogP contribution in [0.4, 0.5) is 4.39 Å². The number of hydrogen-bond donors (Lipinski definition) is 1. The van der Waals surface area contributed by atoms with E-state index in [1.54, 1.807) is 13.0 Å². The summed E-state index contributed by atoms with van der Waals surface area (Å²) in [6.07, 6.45) is 2.45. The first-order valence-corrected chi connectivity index (χ1v) is 16.1. The topological polar surface area (TPSA) is 71.1 Å². The maximum Gasteiger partial charge on any atom is 0.252 e. The number of nitrogens with one attached hydrogen (secondary N) is 1. The molecular weight excluding hydrogens is 640 g/mol. The highest BCUT2D eigenvalue weighted by Crippen LogP contribution is 2.38. The van der Waals surface area contributed by atoms with Crippen LogP contribution in [0.2, 0.25) is 15.1 Å². The number of hydrogen-bond acceptors (Lipinski definition) is 5. The van der Waals surface area contributed by atoms with Crippen LogP contribution in [0.5, 0.6) is 11.5 Å². The molecule has 45 heavy (non-hydrogen) atoms. The van der Waals surface area contributed by atoms with E-state index < -0.39 is 5.82 Å². The molecule has 0 unspecified atom stereocenters. The number of fused-ring (bicyclic) bond motifs is 2. The molecule has 11 heteroatoms. The zero-order chi connectivity index (χ0) is 31.7. The normalized spacial score (nSPS) is 19.4. The first-order chi connectivity index (χ1) is 21.7. The fourth-order valence-electron chi connectivity index (χ4n) is 6.04. The van der Waals surface area contributed by atoms with Crippen molar-refractivity contribution in [1.82, 2.24) is 15.1 Å². The summed E-state index contributed by atoms with van der Waals surface area (Å²) in [6.45, 7) is 3.42. The number of rotatable bonds is 10. The van der Waals surface area contributed by atoms with E-state index in [0.29, 0.717) is 53.2 Å². The molecule has 2 fully saturated rings. The van der Waals surface area contributed by atoms with Crippen LogP contribution in [0.25, 0.3) is 5.57 Å². The van der Waals surface area contributed by atoms with Crippen LogP contribution in [0, 0.1) is 5.82 Å². The SMILES string of the molecule is CC(=O)N1C[C@H]2CC(c3ccc(OCCOc4ccc(F)cc4Cl)cc3)=C(C(=O)N(Cc3cccc(Cl)c3Cl)C3CC3)[C@@H](C1)N2. The van der Waals surface area contributed by atoms with Gasteiger partial charge in [-0.15, -0.1) is 0 Å². The van der Waals surface area contributed by atoms with Crippen molar-refractivity contribution in [3.05, 3.63) is 98.2 Å². The average molecular weight is 673 g/mol. The Morgan fingerprint density at radius 3 is 2.44 bits per heavy atom. The van der Waals surface area contributed by atoms with Gasteiger partial charge in [0.25, 0.3) is 5.91 Å². The molecule has 6 rings (SSSR count). The molecule has 1 saturated heterocycles. The zero-order valence-electron chi connectivity index (χ0n) is 24.7. The summed E-state index contributed by atoms with van der Waals surface area (Å²) in [6, 6.07) is 17.0. The Morgan fingerprint density at radius 1 is 0.978 bits per heavy atom. The number of nitrogens with zero attached hydrogens (tertiary/aromatic N) is 2. The zero-order valence-corrected chi connectivity index (χ0v) is 27.0. The van der Waals surface area contributed by atoms with Crippen molar-refractivity contribution in [2.45, 2.75) is 50.9 Å². The van der Waals surface area contributed by atoms with Crippen LogP contribution < -0.4 is 14.8 Å². The van der Waals surface area contributed by atoms with Crippen LogP contribution in [-0.2, 0) is 16.1 Å². The first-order valence-electron chi connectivity index (χ1n) is 15.0. The molecule has 7 nitrogen and oxygen atoms in total. The van der Waals surface area contributed by atoms with Gasteiger partial charge in [-0.2, -0.15) is 0 Å². The first kappa shape index (κ1) is 31.7. The minimum atomic E-state index is -0.428. The van der Waals surface area contributed by atoms with Gasteiger partial charge in [-0.25, -0.2) is 4.39 Å². The van der Waals surface area contributed by atoms with Crippen molar-refractivity contribution in [3.8, 4) is 11.5 Å². The van der Waals surface area contributed by atoms with Crippen LogP contribution in [0.1, 0.15) is 37.3 Å². The van der Waals surface area contributed by atoms with E-state index >= 15 is 0 Å². The van der Waals surface area contributed by atoms with Crippen molar-refractivity contribution in [1.29, 1.82) is 0 Å². The van der Waals surface area contributed by atoms with E-state index in [1.165, 1.54) is 18.2 Å². The van der Waals surface area contributed by atoms with Crippen molar-refractivity contribution >= 4 is 52.2 Å². The van der Waals surface area contributed by atoms with Crippen molar-refractivity contribution < 1.29 is 23.5 Å². The molecule has 2 atom stereocenters. The number of halogens is 4. The lowest BCUT2D eigenvalue weighted by Gasteiger charge is -2.44. The van der Waals surface area contributed by atoms with Gasteiger partial charge >= 0.3 is 0 Å². The Balaban J connectivity index is 1.24. The van der Waals surface area contributed by atoms with Gasteiger partial charge in [-0.05, 0) is 72.4 Å². The second-order valence-electron chi connectivity index (χ2n) is 11.6. The molecule has 2 bridgehead atoms. The van der Waals surface area contributed by atoms with Crippen molar-refractivity contribution in [2.75, 3.05) is 26.3 Å². The minimum absolute atomic E-state index is 0.00121. The number of piperazine rings is 1. The number of carbonyl (C=O) groups excluding carboxylic acids is 2. The summed E-state index contributed by atoms with van der Waals surface area (Å²) in [5.74, 6) is 0.551. The Kier molecular flexibility index (Phi) is 9.57. The fraction of sp³-hybridized carbons (Fsp3) is 0.353. The van der Waals surface area contributed by atoms with E-state index in [2.05, 4.69) is 5.32 Å². The molecule has 2 amide bonds. The fourth-order valence-corrected chi connectivity index (χ4v) is 6.64. The van der Waals surface area contributed by atoms with Gasteiger partial charge < -0.3 is 24.6 Å². The maximum absolute atomic E-state index is 14.5. The van der Waals surface area contributed by atoms with Gasteiger partial charge in [-0.3, -0.25) is 9.59 Å². The maximum atomic E-state index is 14.5. The number of benzene rings is 3. The van der Waals surface area contributed by atoms with Crippen LogP contribution >= 0.6 is 34.8 Å². The summed E-state index contributed by atoms with van der Waals surface area (Å²) in [5, 5.41) is 4.73. The predicted molar refractivity (Wildman–Crippen MR) is 173 cm³/mol. The highest BCUT2D eigenvalue weighted by Gasteiger charge is 2.43. The van der Waals surface area contributed by atoms with Crippen LogP contribution in [-0.4, -0.2) is 66.0 Å². The van der Waals surface area contributed by atoms with Crippen LogP contribution in [0.3, 0.4) is 0 Å². The monoisotopic (exact) mass is 671 g/mol. The Labute approximate surface area is 276 Å². The Morgan fingerprint density at radius 2 is 1.73 bits per heavy atom. The molecule has 3 aromatic carbocycles. The quantitative estimate of drug-likeness (QED) is 0.241. The Hall–Kier alpha value is -3.30. The molecule has 236 valence electrons. The van der Waals surface area contributed by atoms with E-state index in [1.807, 2.05) is 46.2 Å². The summed E-state index contributed by atoms with van der Waals surface area (Å²) in [5.41, 5.74) is 3.39. The minimum Gasteiger partial charge on any atom is -0.490 e. The van der Waals surface area contributed by atoms with E-state index in [0.717, 1.165) is 29.5 Å². The number of ether oxygens (including phenoxy) is 2. The second kappa shape index (κ2) is 13.6. The molecular formula is C34H33Cl3FN3O4. The number of amides is 2. The van der Waals surface area contributed by atoms with Crippen LogP contribution in [0.15, 0.2) is 66.2 Å². The lowest BCUT2D eigenvalue weighted by atomic mass is 9.82. The molecule has 3 aliphatic rings. The van der Waals surface area contributed by atoms with Gasteiger partial charge in [0.2, 0.25) is 5.91 Å². The molecule has 1 saturated carbocycles. The van der Waals surface area contributed by atoms with Gasteiger partial charge in [-0.1, -0.05) is 59.1 Å². The van der Waals surface area contributed by atoms with E-state index in [9.17, 15) is 14.0 Å². The molecule has 1 aliphatic carbocycles. The van der Waals surface area contributed by atoms with Crippen molar-refractivity contribution in [2.24, 2.45) is 0 Å². The third-order valence-electron chi connectivity index (χ3n) is 8.41. The van der Waals surface area contributed by atoms with Crippen molar-refractivity contribution in [3.63, 3.8) is 0 Å². The van der Waals surface area contributed by atoms with Gasteiger partial charge in [0, 0.05) is 44.2 Å². The van der Waals surface area contributed by atoms with Gasteiger partial charge in [0.1, 0.15) is 30.5 Å². The highest BCUT2D eigenvalue weighted by molar-refractivity contribution is 6.42. The van der Waals surface area contributed by atoms with E-state index in [4.69, 9.17) is 44.3 Å². The molecule has 2 aliphatic heterocycles. The highest BCUT2D eigenvalue weighted by atomic mass is 35.5. The lowest BCUT2D eigenvalue weighted by Crippen LogP contribution is -2.61. The standard InChI is InChI=1S/C34H33Cl3FN3O4/c1-20(42)40-18-24-16-27(21-5-10-26(11-6-21)44-13-14-45-31-12-7-23(38)15-29(31)36)32(30(19-40)39-24)34(43)41(25-8-9-25)17-22-3-2-4-28(35)33(22)37/h2-7,10-12,15,24-25,30,39H,8-9,13-14,16-19H2,1H3/t24-,30-/m1/s1. The molecule has 3 aromatic rings. The predicted octanol–water partition coefficient (Wildman–Crippen LogP) is 6.78.